The van der Waals surface area contributed by atoms with Crippen molar-refractivity contribution in [3.63, 3.8) is 0 Å². The molecule has 3 N–H and O–H groups in total. The highest BCUT2D eigenvalue weighted by Gasteiger charge is 2.33. The number of aromatic hydroxyl groups is 1. The van der Waals surface area contributed by atoms with E-state index in [0.717, 1.165) is 19.4 Å². The highest BCUT2D eigenvalue weighted by atomic mass is 16.5. The molecule has 1 heterocycles. The molecule has 1 aliphatic heterocycles. The molecule has 2 unspecified atom stereocenters. The summed E-state index contributed by atoms with van der Waals surface area (Å²) < 4.78 is 5.66. The van der Waals surface area contributed by atoms with Crippen molar-refractivity contribution in [3.05, 3.63) is 24.3 Å². The van der Waals surface area contributed by atoms with E-state index in [-0.39, 0.29) is 23.6 Å². The van der Waals surface area contributed by atoms with Gasteiger partial charge in [-0.05, 0) is 30.9 Å². The zero-order valence-corrected chi connectivity index (χ0v) is 12.7. The maximum atomic E-state index is 12.4. The number of para-hydroxylation sites is 2. The summed E-state index contributed by atoms with van der Waals surface area (Å²) in [6, 6.07) is 6.42. The average Bonchev–Trinajstić information content (AvgIpc) is 2.93. The molecule has 0 saturated carbocycles. The molecule has 1 aliphatic rings. The number of nitrogens with zero attached hydrogens (tertiary/aromatic N) is 1. The fraction of sp³-hybridized carbons (Fsp3) is 0.562. The van der Waals surface area contributed by atoms with E-state index >= 15 is 0 Å². The number of nitrogens with two attached hydrogens (primary N) is 1. The normalized spacial score (nSPS) is 19.8. The fourth-order valence-electron chi connectivity index (χ4n) is 2.54. The van der Waals surface area contributed by atoms with Crippen molar-refractivity contribution in [1.29, 1.82) is 0 Å². The number of amides is 1. The lowest BCUT2D eigenvalue weighted by atomic mass is 10.0. The number of phenols is 1. The van der Waals surface area contributed by atoms with Gasteiger partial charge < -0.3 is 20.5 Å². The molecule has 1 aromatic rings. The lowest BCUT2D eigenvalue weighted by molar-refractivity contribution is -0.134. The molecule has 0 aromatic heterocycles. The standard InChI is InChI=1S/C16H24N2O3/c1-11(2)15(17)16(20)18-9-5-6-12(18)10-21-14-8-4-3-7-13(14)19/h3-4,7-8,11-12,15,19H,5-6,9-10,17H2,1-2H3. The Labute approximate surface area is 125 Å². The first-order valence-corrected chi connectivity index (χ1v) is 7.47. The van der Waals surface area contributed by atoms with Crippen LogP contribution in [0.4, 0.5) is 0 Å². The van der Waals surface area contributed by atoms with Crippen molar-refractivity contribution >= 4 is 5.91 Å². The Bertz CT molecular complexity index is 490. The number of carbonyl (C=O) groups is 1. The summed E-state index contributed by atoms with van der Waals surface area (Å²) in [5.74, 6) is 0.684. The van der Waals surface area contributed by atoms with E-state index in [2.05, 4.69) is 0 Å². The van der Waals surface area contributed by atoms with Crippen LogP contribution in [0, 0.1) is 5.92 Å². The number of phenolic OH excluding ortho intramolecular Hbond substituents is 1. The lowest BCUT2D eigenvalue weighted by Gasteiger charge is -2.28. The Hall–Kier alpha value is -1.75. The van der Waals surface area contributed by atoms with E-state index < -0.39 is 6.04 Å². The lowest BCUT2D eigenvalue weighted by Crippen LogP contribution is -2.49. The molecule has 0 spiro atoms. The Kier molecular flexibility index (Phi) is 5.07. The zero-order valence-electron chi connectivity index (χ0n) is 12.7. The first kappa shape index (κ1) is 15.6. The molecular formula is C16H24N2O3. The van der Waals surface area contributed by atoms with Crippen molar-refractivity contribution in [2.45, 2.75) is 38.8 Å². The molecule has 1 saturated heterocycles. The molecule has 1 fully saturated rings. The van der Waals surface area contributed by atoms with Gasteiger partial charge in [-0.15, -0.1) is 0 Å². The number of hydrogen-bond acceptors (Lipinski definition) is 4. The number of ether oxygens (including phenoxy) is 1. The molecule has 5 nitrogen and oxygen atoms in total. The molecular weight excluding hydrogens is 268 g/mol. The molecule has 2 rings (SSSR count). The molecule has 0 aliphatic carbocycles. The molecule has 0 radical (unpaired) electrons. The Balaban J connectivity index is 1.96. The number of rotatable bonds is 5. The fourth-order valence-corrected chi connectivity index (χ4v) is 2.54. The Morgan fingerprint density at radius 2 is 2.19 bits per heavy atom. The molecule has 116 valence electrons. The topological polar surface area (TPSA) is 75.8 Å². The SMILES string of the molecule is CC(C)C(N)C(=O)N1CCCC1COc1ccccc1O. The third-order valence-corrected chi connectivity index (χ3v) is 3.96. The van der Waals surface area contributed by atoms with Crippen LogP contribution in [0.2, 0.25) is 0 Å². The van der Waals surface area contributed by atoms with Crippen LogP contribution in [0.1, 0.15) is 26.7 Å². The summed E-state index contributed by atoms with van der Waals surface area (Å²) in [6.07, 6.45) is 1.87. The van der Waals surface area contributed by atoms with Crippen LogP contribution in [0.25, 0.3) is 0 Å². The van der Waals surface area contributed by atoms with Crippen LogP contribution in [-0.2, 0) is 4.79 Å². The minimum Gasteiger partial charge on any atom is -0.504 e. The van der Waals surface area contributed by atoms with E-state index in [1.807, 2.05) is 18.7 Å². The van der Waals surface area contributed by atoms with E-state index in [0.29, 0.717) is 12.4 Å². The van der Waals surface area contributed by atoms with Gasteiger partial charge in [0.1, 0.15) is 6.61 Å². The van der Waals surface area contributed by atoms with Gasteiger partial charge in [0.2, 0.25) is 5.91 Å². The van der Waals surface area contributed by atoms with E-state index in [4.69, 9.17) is 10.5 Å². The van der Waals surface area contributed by atoms with Gasteiger partial charge in [-0.1, -0.05) is 26.0 Å². The quantitative estimate of drug-likeness (QED) is 0.867. The number of hydrogen-bond donors (Lipinski definition) is 2. The number of carbonyl (C=O) groups excluding carboxylic acids is 1. The van der Waals surface area contributed by atoms with Gasteiger partial charge in [0, 0.05) is 6.54 Å². The van der Waals surface area contributed by atoms with Gasteiger partial charge in [-0.3, -0.25) is 4.79 Å². The van der Waals surface area contributed by atoms with Gasteiger partial charge in [-0.25, -0.2) is 0 Å². The van der Waals surface area contributed by atoms with Gasteiger partial charge in [0.25, 0.3) is 0 Å². The minimum atomic E-state index is -0.462. The predicted molar refractivity (Wildman–Crippen MR) is 81.2 cm³/mol. The molecule has 2 atom stereocenters. The highest BCUT2D eigenvalue weighted by molar-refractivity contribution is 5.82. The van der Waals surface area contributed by atoms with Gasteiger partial charge >= 0.3 is 0 Å². The van der Waals surface area contributed by atoms with Crippen molar-refractivity contribution in [3.8, 4) is 11.5 Å². The largest absolute Gasteiger partial charge is 0.504 e. The van der Waals surface area contributed by atoms with Crippen LogP contribution in [-0.4, -0.2) is 41.1 Å². The number of likely N-dealkylation sites (tertiary alicyclic amines) is 1. The monoisotopic (exact) mass is 292 g/mol. The minimum absolute atomic E-state index is 0.00613. The van der Waals surface area contributed by atoms with Crippen LogP contribution in [0.3, 0.4) is 0 Å². The first-order valence-electron chi connectivity index (χ1n) is 7.47. The van der Waals surface area contributed by atoms with Gasteiger partial charge in [0.05, 0.1) is 12.1 Å². The second-order valence-electron chi connectivity index (χ2n) is 5.88. The molecule has 21 heavy (non-hydrogen) atoms. The van der Waals surface area contributed by atoms with Crippen molar-refractivity contribution in [2.75, 3.05) is 13.2 Å². The van der Waals surface area contributed by atoms with Crippen molar-refractivity contribution in [1.82, 2.24) is 4.90 Å². The average molecular weight is 292 g/mol. The predicted octanol–water partition coefficient (Wildman–Crippen LogP) is 1.75. The molecule has 0 bridgehead atoms. The maximum Gasteiger partial charge on any atom is 0.240 e. The summed E-state index contributed by atoms with van der Waals surface area (Å²) in [6.45, 7) is 5.01. The van der Waals surface area contributed by atoms with Gasteiger partial charge in [-0.2, -0.15) is 0 Å². The highest BCUT2D eigenvalue weighted by Crippen LogP contribution is 2.26. The summed E-state index contributed by atoms with van der Waals surface area (Å²) in [4.78, 5) is 14.2. The van der Waals surface area contributed by atoms with Crippen LogP contribution in [0.5, 0.6) is 11.5 Å². The summed E-state index contributed by atoms with van der Waals surface area (Å²) in [7, 11) is 0. The molecule has 1 amide bonds. The third kappa shape index (κ3) is 3.67. The summed E-state index contributed by atoms with van der Waals surface area (Å²) in [5.41, 5.74) is 5.96. The van der Waals surface area contributed by atoms with E-state index in [1.54, 1.807) is 24.3 Å². The Morgan fingerprint density at radius 3 is 2.86 bits per heavy atom. The Morgan fingerprint density at radius 1 is 1.48 bits per heavy atom. The van der Waals surface area contributed by atoms with Crippen molar-refractivity contribution in [2.24, 2.45) is 11.7 Å². The van der Waals surface area contributed by atoms with Crippen LogP contribution < -0.4 is 10.5 Å². The zero-order chi connectivity index (χ0) is 15.4. The van der Waals surface area contributed by atoms with Gasteiger partial charge in [0.15, 0.2) is 11.5 Å². The molecule has 5 heteroatoms. The smallest absolute Gasteiger partial charge is 0.240 e. The van der Waals surface area contributed by atoms with Crippen LogP contribution >= 0.6 is 0 Å². The third-order valence-electron chi connectivity index (χ3n) is 3.96. The van der Waals surface area contributed by atoms with Crippen molar-refractivity contribution < 1.29 is 14.6 Å². The number of benzene rings is 1. The van der Waals surface area contributed by atoms with E-state index in [1.165, 1.54) is 0 Å². The second-order valence-corrected chi connectivity index (χ2v) is 5.88. The summed E-state index contributed by atoms with van der Waals surface area (Å²) in [5, 5.41) is 9.69. The maximum absolute atomic E-state index is 12.4. The van der Waals surface area contributed by atoms with Crippen LogP contribution in [0.15, 0.2) is 24.3 Å². The van der Waals surface area contributed by atoms with E-state index in [9.17, 15) is 9.90 Å². The summed E-state index contributed by atoms with van der Waals surface area (Å²) >= 11 is 0. The molecule has 1 aromatic carbocycles. The second kappa shape index (κ2) is 6.80. The first-order chi connectivity index (χ1) is 10.0.